The molecule has 1 N–H and O–H groups in total. The van der Waals surface area contributed by atoms with Crippen molar-refractivity contribution >= 4 is 34.0 Å². The van der Waals surface area contributed by atoms with Crippen LogP contribution >= 0.6 is 11.3 Å². The van der Waals surface area contributed by atoms with E-state index in [2.05, 4.69) is 15.4 Å². The van der Waals surface area contributed by atoms with Crippen LogP contribution in [0.5, 0.6) is 0 Å². The molecule has 4 rings (SSSR count). The summed E-state index contributed by atoms with van der Waals surface area (Å²) in [5, 5.41) is 9.20. The lowest BCUT2D eigenvalue weighted by Gasteiger charge is -2.17. The van der Waals surface area contributed by atoms with Gasteiger partial charge in [0.05, 0.1) is 17.8 Å². The van der Waals surface area contributed by atoms with Crippen LogP contribution in [0, 0.1) is 18.7 Å². The van der Waals surface area contributed by atoms with Gasteiger partial charge in [0.1, 0.15) is 5.82 Å². The number of aromatic nitrogens is 3. The molecule has 3 heterocycles. The molecular formula is C19H18FN5O2S. The number of benzene rings is 1. The monoisotopic (exact) mass is 399 g/mol. The summed E-state index contributed by atoms with van der Waals surface area (Å²) in [5.41, 5.74) is 2.57. The van der Waals surface area contributed by atoms with Crippen molar-refractivity contribution in [2.45, 2.75) is 13.3 Å². The Morgan fingerprint density at radius 1 is 1.39 bits per heavy atom. The van der Waals surface area contributed by atoms with Crippen LogP contribution in [0.3, 0.4) is 0 Å². The van der Waals surface area contributed by atoms with Crippen molar-refractivity contribution in [3.63, 3.8) is 0 Å². The van der Waals surface area contributed by atoms with Crippen LogP contribution in [0.2, 0.25) is 0 Å². The van der Waals surface area contributed by atoms with Gasteiger partial charge in [-0.05, 0) is 24.6 Å². The summed E-state index contributed by atoms with van der Waals surface area (Å²) in [6, 6.07) is 4.65. The minimum absolute atomic E-state index is 0.0855. The van der Waals surface area contributed by atoms with Crippen molar-refractivity contribution in [2.24, 2.45) is 13.0 Å². The molecule has 0 bridgehead atoms. The fraction of sp³-hybridized carbons (Fsp3) is 0.263. The third kappa shape index (κ3) is 3.53. The molecule has 28 heavy (non-hydrogen) atoms. The lowest BCUT2D eigenvalue weighted by molar-refractivity contribution is -0.122. The summed E-state index contributed by atoms with van der Waals surface area (Å²) in [7, 11) is 1.82. The second-order valence-electron chi connectivity index (χ2n) is 6.77. The molecule has 144 valence electrons. The lowest BCUT2D eigenvalue weighted by Crippen LogP contribution is -2.28. The van der Waals surface area contributed by atoms with Crippen LogP contribution in [-0.2, 0) is 16.6 Å². The highest BCUT2D eigenvalue weighted by atomic mass is 32.1. The van der Waals surface area contributed by atoms with E-state index in [1.807, 2.05) is 18.6 Å². The second kappa shape index (κ2) is 7.16. The summed E-state index contributed by atoms with van der Waals surface area (Å²) in [6.45, 7) is 1.88. The first-order chi connectivity index (χ1) is 13.4. The normalized spacial score (nSPS) is 16.6. The standard InChI is InChI=1S/C19H18FN5O2S/c1-11-3-4-14(6-15(11)20)25-9-12(5-17(25)26)18(27)23-19-22-16(10-28-19)13-7-21-24(2)8-13/h3-4,6-8,10,12H,5,9H2,1-2H3,(H,22,23,27). The average molecular weight is 399 g/mol. The molecule has 2 amide bonds. The van der Waals surface area contributed by atoms with Gasteiger partial charge in [-0.3, -0.25) is 14.3 Å². The summed E-state index contributed by atoms with van der Waals surface area (Å²) >= 11 is 1.31. The van der Waals surface area contributed by atoms with E-state index in [1.165, 1.54) is 22.3 Å². The SMILES string of the molecule is Cc1ccc(N2CC(C(=O)Nc3nc(-c4cnn(C)c4)cs3)CC2=O)cc1F. The molecule has 1 saturated heterocycles. The molecule has 0 radical (unpaired) electrons. The van der Waals surface area contributed by atoms with Crippen molar-refractivity contribution < 1.29 is 14.0 Å². The van der Waals surface area contributed by atoms with Crippen LogP contribution in [0.4, 0.5) is 15.2 Å². The predicted octanol–water partition coefficient (Wildman–Crippen LogP) is 2.98. The highest BCUT2D eigenvalue weighted by molar-refractivity contribution is 7.14. The van der Waals surface area contributed by atoms with E-state index in [0.29, 0.717) is 16.4 Å². The maximum Gasteiger partial charge on any atom is 0.231 e. The average Bonchev–Trinajstić information content (AvgIpc) is 3.37. The van der Waals surface area contributed by atoms with Gasteiger partial charge in [0.2, 0.25) is 11.8 Å². The van der Waals surface area contributed by atoms with Crippen LogP contribution in [0.25, 0.3) is 11.3 Å². The Labute approximate surface area is 164 Å². The number of carbonyl (C=O) groups is 2. The Kier molecular flexibility index (Phi) is 4.68. The molecule has 9 heteroatoms. The van der Waals surface area contributed by atoms with Crippen molar-refractivity contribution in [1.82, 2.24) is 14.8 Å². The van der Waals surface area contributed by atoms with Gasteiger partial charge in [-0.25, -0.2) is 9.37 Å². The van der Waals surface area contributed by atoms with Crippen LogP contribution < -0.4 is 10.2 Å². The molecule has 1 aliphatic heterocycles. The zero-order chi connectivity index (χ0) is 19.8. The number of anilines is 2. The fourth-order valence-corrected chi connectivity index (χ4v) is 3.83. The van der Waals surface area contributed by atoms with E-state index in [1.54, 1.807) is 29.9 Å². The third-order valence-corrected chi connectivity index (χ3v) is 5.46. The number of aryl methyl sites for hydroxylation is 2. The number of hydrogen-bond donors (Lipinski definition) is 1. The zero-order valence-corrected chi connectivity index (χ0v) is 16.2. The second-order valence-corrected chi connectivity index (χ2v) is 7.63. The summed E-state index contributed by atoms with van der Waals surface area (Å²) in [6.07, 6.45) is 3.63. The van der Waals surface area contributed by atoms with E-state index in [4.69, 9.17) is 0 Å². The maximum atomic E-state index is 13.8. The number of nitrogens with zero attached hydrogens (tertiary/aromatic N) is 4. The molecule has 3 aromatic rings. The van der Waals surface area contributed by atoms with E-state index in [0.717, 1.165) is 11.3 Å². The van der Waals surface area contributed by atoms with Crippen LogP contribution in [-0.4, -0.2) is 33.1 Å². The van der Waals surface area contributed by atoms with Gasteiger partial charge >= 0.3 is 0 Å². The minimum atomic E-state index is -0.511. The fourth-order valence-electron chi connectivity index (χ4n) is 3.11. The number of nitrogens with one attached hydrogen (secondary N) is 1. The molecule has 1 unspecified atom stereocenters. The van der Waals surface area contributed by atoms with Crippen molar-refractivity contribution in [3.8, 4) is 11.3 Å². The molecule has 0 spiro atoms. The number of hydrogen-bond acceptors (Lipinski definition) is 5. The van der Waals surface area contributed by atoms with Crippen molar-refractivity contribution in [1.29, 1.82) is 0 Å². The number of thiazole rings is 1. The largest absolute Gasteiger partial charge is 0.311 e. The van der Waals surface area contributed by atoms with Gasteiger partial charge < -0.3 is 10.2 Å². The quantitative estimate of drug-likeness (QED) is 0.731. The van der Waals surface area contributed by atoms with E-state index in [-0.39, 0.29) is 30.6 Å². The van der Waals surface area contributed by atoms with Crippen LogP contribution in [0.15, 0.2) is 36.0 Å². The highest BCUT2D eigenvalue weighted by Crippen LogP contribution is 2.29. The number of amides is 2. The molecule has 1 aromatic carbocycles. The molecule has 1 aliphatic rings. The molecule has 0 aliphatic carbocycles. The minimum Gasteiger partial charge on any atom is -0.311 e. The zero-order valence-electron chi connectivity index (χ0n) is 15.3. The Hall–Kier alpha value is -3.07. The van der Waals surface area contributed by atoms with Gasteiger partial charge in [0.15, 0.2) is 5.13 Å². The van der Waals surface area contributed by atoms with Gasteiger partial charge in [0.25, 0.3) is 0 Å². The highest BCUT2D eigenvalue weighted by Gasteiger charge is 2.35. The Morgan fingerprint density at radius 3 is 2.93 bits per heavy atom. The summed E-state index contributed by atoms with van der Waals surface area (Å²) in [5.74, 6) is -1.35. The summed E-state index contributed by atoms with van der Waals surface area (Å²) < 4.78 is 15.5. The molecule has 1 fully saturated rings. The van der Waals surface area contributed by atoms with Crippen molar-refractivity contribution in [2.75, 3.05) is 16.8 Å². The topological polar surface area (TPSA) is 80.1 Å². The predicted molar refractivity (Wildman–Crippen MR) is 105 cm³/mol. The maximum absolute atomic E-state index is 13.8. The molecule has 1 atom stereocenters. The molecule has 0 saturated carbocycles. The number of halogens is 1. The van der Waals surface area contributed by atoms with Gasteiger partial charge in [-0.15, -0.1) is 11.3 Å². The van der Waals surface area contributed by atoms with Gasteiger partial charge in [0, 0.05) is 42.8 Å². The Bertz CT molecular complexity index is 1060. The van der Waals surface area contributed by atoms with E-state index < -0.39 is 5.92 Å². The van der Waals surface area contributed by atoms with Gasteiger partial charge in [-0.2, -0.15) is 5.10 Å². The first-order valence-electron chi connectivity index (χ1n) is 8.72. The van der Waals surface area contributed by atoms with Crippen LogP contribution in [0.1, 0.15) is 12.0 Å². The molecule has 7 nitrogen and oxygen atoms in total. The smallest absolute Gasteiger partial charge is 0.231 e. The van der Waals surface area contributed by atoms with Crippen molar-refractivity contribution in [3.05, 3.63) is 47.4 Å². The van der Waals surface area contributed by atoms with Gasteiger partial charge in [-0.1, -0.05) is 6.07 Å². The van der Waals surface area contributed by atoms with E-state index >= 15 is 0 Å². The van der Waals surface area contributed by atoms with E-state index in [9.17, 15) is 14.0 Å². The number of rotatable bonds is 4. The first-order valence-corrected chi connectivity index (χ1v) is 9.60. The third-order valence-electron chi connectivity index (χ3n) is 4.70. The molecular weight excluding hydrogens is 381 g/mol. The first kappa shape index (κ1) is 18.3. The lowest BCUT2D eigenvalue weighted by atomic mass is 10.1. The molecule has 2 aromatic heterocycles. The Morgan fingerprint density at radius 2 is 2.21 bits per heavy atom. The summed E-state index contributed by atoms with van der Waals surface area (Å²) in [4.78, 5) is 30.8. The number of carbonyl (C=O) groups excluding carboxylic acids is 2. The Balaban J connectivity index is 1.44.